The number of rotatable bonds is 2. The van der Waals surface area contributed by atoms with Gasteiger partial charge < -0.3 is 4.90 Å². The van der Waals surface area contributed by atoms with Gasteiger partial charge >= 0.3 is 0 Å². The molecule has 1 heterocycles. The van der Waals surface area contributed by atoms with Gasteiger partial charge in [-0.15, -0.1) is 0 Å². The van der Waals surface area contributed by atoms with Gasteiger partial charge in [-0.25, -0.2) is 5.48 Å². The predicted molar refractivity (Wildman–Crippen MR) is 104 cm³/mol. The molecule has 1 saturated heterocycles. The maximum Gasteiger partial charge on any atom is 0.274 e. The van der Waals surface area contributed by atoms with Crippen LogP contribution < -0.4 is 5.48 Å². The van der Waals surface area contributed by atoms with E-state index in [0.717, 1.165) is 31.4 Å². The van der Waals surface area contributed by atoms with Crippen molar-refractivity contribution in [2.24, 2.45) is 5.41 Å². The summed E-state index contributed by atoms with van der Waals surface area (Å²) in [6.07, 6.45) is 3.38. The van der Waals surface area contributed by atoms with Gasteiger partial charge in [0.25, 0.3) is 5.91 Å². The first-order chi connectivity index (χ1) is 12.4. The van der Waals surface area contributed by atoms with Gasteiger partial charge in [0, 0.05) is 30.0 Å². The lowest BCUT2D eigenvalue weighted by molar-refractivity contribution is -0.129. The molecule has 1 spiro atoms. The Morgan fingerprint density at radius 2 is 1.81 bits per heavy atom. The van der Waals surface area contributed by atoms with Crippen molar-refractivity contribution in [2.45, 2.75) is 73.3 Å². The summed E-state index contributed by atoms with van der Waals surface area (Å²) in [7, 11) is 0. The number of likely N-dealkylation sites (tertiary alicyclic amines) is 1. The van der Waals surface area contributed by atoms with Crippen LogP contribution in [0.15, 0.2) is 18.2 Å². The molecular formula is C21H34N2O3. The van der Waals surface area contributed by atoms with Crippen molar-refractivity contribution in [1.29, 1.82) is 0 Å². The molecule has 1 atom stereocenters. The Kier molecular flexibility index (Phi) is 8.28. The third kappa shape index (κ3) is 4.64. The molecule has 1 fully saturated rings. The second-order valence-electron chi connectivity index (χ2n) is 6.89. The average molecular weight is 363 g/mol. The smallest absolute Gasteiger partial charge is 0.274 e. The van der Waals surface area contributed by atoms with Crippen molar-refractivity contribution in [2.75, 3.05) is 6.54 Å². The first-order valence-electron chi connectivity index (χ1n) is 9.80. The highest BCUT2D eigenvalue weighted by atomic mass is 16.5. The zero-order valence-electron chi connectivity index (χ0n) is 17.1. The van der Waals surface area contributed by atoms with Gasteiger partial charge in [0.05, 0.1) is 0 Å². The van der Waals surface area contributed by atoms with Crippen LogP contribution in [-0.2, 0) is 17.6 Å². The normalized spacial score (nSPS) is 20.8. The number of hydrogen-bond acceptors (Lipinski definition) is 3. The van der Waals surface area contributed by atoms with Crippen molar-refractivity contribution in [3.05, 3.63) is 34.9 Å². The molecule has 5 nitrogen and oxygen atoms in total. The summed E-state index contributed by atoms with van der Waals surface area (Å²) in [5.74, 6) is -0.253. The molecule has 3 rings (SSSR count). The quantitative estimate of drug-likeness (QED) is 0.618. The van der Waals surface area contributed by atoms with Gasteiger partial charge in [0.2, 0.25) is 5.91 Å². The van der Waals surface area contributed by atoms with Crippen LogP contribution in [0, 0.1) is 5.41 Å². The molecular weight excluding hydrogens is 328 g/mol. The van der Waals surface area contributed by atoms with Crippen LogP contribution in [0.2, 0.25) is 0 Å². The van der Waals surface area contributed by atoms with Gasteiger partial charge in [-0.3, -0.25) is 14.8 Å². The lowest BCUT2D eigenvalue weighted by Gasteiger charge is -2.35. The van der Waals surface area contributed by atoms with Crippen molar-refractivity contribution in [3.8, 4) is 0 Å². The summed E-state index contributed by atoms with van der Waals surface area (Å²) in [5, 5.41) is 8.78. The van der Waals surface area contributed by atoms with E-state index in [1.807, 2.05) is 44.7 Å². The molecule has 146 valence electrons. The number of aryl methyl sites for hydroxylation is 1. The molecule has 2 N–H and O–H groups in total. The highest BCUT2D eigenvalue weighted by molar-refractivity contribution is 5.93. The molecule has 1 aromatic carbocycles. The standard InChI is InChI=1S/C17H22N2O3.2C2H6/c1-11(2)19-10-17(9-15(19)20)6-5-12-3-4-13(16(21)18-22)7-14(12)8-17;2*1-2/h3-4,7,11,22H,5-6,8-10H2,1-2H3,(H,18,21);2*1-2H3. The van der Waals surface area contributed by atoms with E-state index in [2.05, 4.69) is 13.8 Å². The van der Waals surface area contributed by atoms with Crippen LogP contribution in [0.5, 0.6) is 0 Å². The minimum atomic E-state index is -0.492. The fraction of sp³-hybridized carbons (Fsp3) is 0.619. The molecule has 0 radical (unpaired) electrons. The Morgan fingerprint density at radius 1 is 1.15 bits per heavy atom. The Morgan fingerprint density at radius 3 is 2.35 bits per heavy atom. The summed E-state index contributed by atoms with van der Waals surface area (Å²) in [4.78, 5) is 25.8. The van der Waals surface area contributed by atoms with E-state index < -0.39 is 5.91 Å². The summed E-state index contributed by atoms with van der Waals surface area (Å²) in [6.45, 7) is 12.9. The average Bonchev–Trinajstić information content (AvgIpc) is 2.99. The molecule has 5 heteroatoms. The Balaban J connectivity index is 0.000000791. The van der Waals surface area contributed by atoms with Gasteiger partial charge in [0.15, 0.2) is 0 Å². The van der Waals surface area contributed by atoms with Crippen molar-refractivity contribution < 1.29 is 14.8 Å². The number of fused-ring (bicyclic) bond motifs is 1. The van der Waals surface area contributed by atoms with Crippen molar-refractivity contribution in [3.63, 3.8) is 0 Å². The maximum absolute atomic E-state index is 12.3. The Bertz CT molecular complexity index is 628. The van der Waals surface area contributed by atoms with Gasteiger partial charge in [-0.05, 0) is 56.4 Å². The van der Waals surface area contributed by atoms with E-state index in [-0.39, 0.29) is 17.4 Å². The lowest BCUT2D eigenvalue weighted by atomic mass is 9.70. The number of nitrogens with zero attached hydrogens (tertiary/aromatic N) is 1. The summed E-state index contributed by atoms with van der Waals surface area (Å²) in [5.41, 5.74) is 4.52. The minimum absolute atomic E-state index is 0.00265. The third-order valence-corrected chi connectivity index (χ3v) is 5.04. The predicted octanol–water partition coefficient (Wildman–Crippen LogP) is 3.97. The monoisotopic (exact) mass is 362 g/mol. The van der Waals surface area contributed by atoms with E-state index in [1.54, 1.807) is 11.5 Å². The fourth-order valence-electron chi connectivity index (χ4n) is 3.82. The number of amides is 2. The number of carbonyl (C=O) groups is 2. The number of benzene rings is 1. The molecule has 1 aliphatic carbocycles. The zero-order valence-corrected chi connectivity index (χ0v) is 17.1. The van der Waals surface area contributed by atoms with Crippen molar-refractivity contribution >= 4 is 11.8 Å². The number of nitrogens with one attached hydrogen (secondary N) is 1. The highest BCUT2D eigenvalue weighted by Crippen LogP contribution is 2.43. The Labute approximate surface area is 157 Å². The number of hydroxylamine groups is 1. The molecule has 2 aliphatic rings. The largest absolute Gasteiger partial charge is 0.340 e. The Hall–Kier alpha value is -1.88. The van der Waals surface area contributed by atoms with Crippen LogP contribution in [0.4, 0.5) is 0 Å². The van der Waals surface area contributed by atoms with Crippen LogP contribution >= 0.6 is 0 Å². The van der Waals surface area contributed by atoms with Crippen LogP contribution in [0.1, 0.15) is 75.9 Å². The second-order valence-corrected chi connectivity index (χ2v) is 6.89. The molecule has 0 bridgehead atoms. The summed E-state index contributed by atoms with van der Waals surface area (Å²) in [6, 6.07) is 5.79. The molecule has 2 amide bonds. The first-order valence-corrected chi connectivity index (χ1v) is 9.80. The number of hydrogen-bond donors (Lipinski definition) is 2. The van der Waals surface area contributed by atoms with Crippen LogP contribution in [-0.4, -0.2) is 34.5 Å². The van der Waals surface area contributed by atoms with E-state index in [1.165, 1.54) is 5.56 Å². The maximum atomic E-state index is 12.3. The molecule has 1 unspecified atom stereocenters. The second kappa shape index (κ2) is 9.72. The topological polar surface area (TPSA) is 69.6 Å². The number of carbonyl (C=O) groups excluding carboxylic acids is 2. The van der Waals surface area contributed by atoms with Gasteiger partial charge in [0.1, 0.15) is 0 Å². The summed E-state index contributed by atoms with van der Waals surface area (Å²) < 4.78 is 0. The van der Waals surface area contributed by atoms with Gasteiger partial charge in [-0.1, -0.05) is 33.8 Å². The van der Waals surface area contributed by atoms with E-state index >= 15 is 0 Å². The lowest BCUT2D eigenvalue weighted by Crippen LogP contribution is -2.36. The first kappa shape index (κ1) is 22.2. The van der Waals surface area contributed by atoms with Crippen molar-refractivity contribution in [1.82, 2.24) is 10.4 Å². The highest BCUT2D eigenvalue weighted by Gasteiger charge is 2.45. The minimum Gasteiger partial charge on any atom is -0.340 e. The molecule has 0 saturated carbocycles. The zero-order chi connectivity index (χ0) is 19.9. The van der Waals surface area contributed by atoms with E-state index in [4.69, 9.17) is 5.21 Å². The van der Waals surface area contributed by atoms with Crippen LogP contribution in [0.3, 0.4) is 0 Å². The fourth-order valence-corrected chi connectivity index (χ4v) is 3.82. The molecule has 26 heavy (non-hydrogen) atoms. The molecule has 1 aromatic rings. The third-order valence-electron chi connectivity index (χ3n) is 5.04. The summed E-state index contributed by atoms with van der Waals surface area (Å²) >= 11 is 0. The van der Waals surface area contributed by atoms with Gasteiger partial charge in [-0.2, -0.15) is 0 Å². The molecule has 0 aromatic heterocycles. The van der Waals surface area contributed by atoms with Crippen LogP contribution in [0.25, 0.3) is 0 Å². The molecule has 1 aliphatic heterocycles. The SMILES string of the molecule is CC.CC.CC(C)N1CC2(CCc3ccc(C(=O)NO)cc3C2)CC1=O. The van der Waals surface area contributed by atoms with E-state index in [0.29, 0.717) is 12.0 Å². The van der Waals surface area contributed by atoms with E-state index in [9.17, 15) is 9.59 Å².